The van der Waals surface area contributed by atoms with E-state index in [-0.39, 0.29) is 0 Å². The van der Waals surface area contributed by atoms with E-state index in [1.165, 1.54) is 7.05 Å². The zero-order valence-corrected chi connectivity index (χ0v) is 6.44. The number of aryl methyl sites for hydroxylation is 1. The fourth-order valence-corrected chi connectivity index (χ4v) is 0.918. The van der Waals surface area contributed by atoms with E-state index in [0.717, 1.165) is 4.68 Å². The summed E-state index contributed by atoms with van der Waals surface area (Å²) < 4.78 is 5.97. The number of hydrogen-bond donors (Lipinski definition) is 1. The van der Waals surface area contributed by atoms with Crippen LogP contribution in [0.3, 0.4) is 0 Å². The van der Waals surface area contributed by atoms with Crippen LogP contribution in [0.2, 0.25) is 0 Å². The maximum absolute atomic E-state index is 10.9. The van der Waals surface area contributed by atoms with Crippen LogP contribution in [0.5, 0.6) is 0 Å². The molecule has 0 saturated heterocycles. The van der Waals surface area contributed by atoms with Crippen molar-refractivity contribution in [2.75, 3.05) is 0 Å². The first-order chi connectivity index (χ1) is 5.77. The zero-order valence-electron chi connectivity index (χ0n) is 6.44. The molecule has 0 aliphatic heterocycles. The molecule has 0 aromatic carbocycles. The van der Waals surface area contributed by atoms with E-state index in [1.54, 1.807) is 12.3 Å². The summed E-state index contributed by atoms with van der Waals surface area (Å²) in [5, 5.41) is 3.86. The first kappa shape index (κ1) is 6.90. The Hall–Kier alpha value is -1.78. The summed E-state index contributed by atoms with van der Waals surface area (Å²) in [7, 11) is 1.54. The van der Waals surface area contributed by atoms with Crippen LogP contribution in [-0.2, 0) is 7.05 Å². The molecular formula is C7H7N3O2. The molecule has 0 aliphatic carbocycles. The molecule has 0 radical (unpaired) electrons. The van der Waals surface area contributed by atoms with Crippen LogP contribution in [-0.4, -0.2) is 14.8 Å². The van der Waals surface area contributed by atoms with Crippen molar-refractivity contribution in [3.63, 3.8) is 0 Å². The van der Waals surface area contributed by atoms with Crippen molar-refractivity contribution in [1.82, 2.24) is 14.8 Å². The van der Waals surface area contributed by atoms with Gasteiger partial charge >= 0.3 is 5.76 Å². The third-order valence-corrected chi connectivity index (χ3v) is 1.52. The van der Waals surface area contributed by atoms with Gasteiger partial charge in [0, 0.05) is 13.2 Å². The molecule has 0 fully saturated rings. The standard InChI is InChI=1S/C7H7N3O2/c1-10-7(11)12-6(9-10)5-3-2-4-8-5/h2-4,8H,1H3. The van der Waals surface area contributed by atoms with E-state index in [4.69, 9.17) is 4.42 Å². The lowest BCUT2D eigenvalue weighted by Gasteiger charge is -1.84. The minimum Gasteiger partial charge on any atom is -0.386 e. The van der Waals surface area contributed by atoms with E-state index in [2.05, 4.69) is 10.1 Å². The summed E-state index contributed by atoms with van der Waals surface area (Å²) in [5.41, 5.74) is 0.702. The lowest BCUT2D eigenvalue weighted by atomic mass is 10.4. The first-order valence-corrected chi connectivity index (χ1v) is 3.45. The molecule has 2 heterocycles. The highest BCUT2D eigenvalue weighted by Gasteiger charge is 2.06. The van der Waals surface area contributed by atoms with Crippen molar-refractivity contribution < 1.29 is 4.42 Å². The fraction of sp³-hybridized carbons (Fsp3) is 0.143. The molecule has 62 valence electrons. The minimum absolute atomic E-state index is 0.313. The van der Waals surface area contributed by atoms with Crippen molar-refractivity contribution >= 4 is 0 Å². The third-order valence-electron chi connectivity index (χ3n) is 1.52. The van der Waals surface area contributed by atoms with Crippen molar-refractivity contribution in [3.05, 3.63) is 28.9 Å². The molecule has 0 bridgehead atoms. The van der Waals surface area contributed by atoms with Gasteiger partial charge in [-0.1, -0.05) is 0 Å². The van der Waals surface area contributed by atoms with Gasteiger partial charge in [0.05, 0.1) is 0 Å². The van der Waals surface area contributed by atoms with Crippen molar-refractivity contribution in [2.24, 2.45) is 7.05 Å². The smallest absolute Gasteiger partial charge is 0.386 e. The van der Waals surface area contributed by atoms with Crippen molar-refractivity contribution in [2.45, 2.75) is 0 Å². The minimum atomic E-state index is -0.459. The zero-order chi connectivity index (χ0) is 8.55. The Morgan fingerprint density at radius 1 is 1.67 bits per heavy atom. The summed E-state index contributed by atoms with van der Waals surface area (Å²) in [5.74, 6) is -0.146. The van der Waals surface area contributed by atoms with Crippen LogP contribution in [0.1, 0.15) is 0 Å². The Morgan fingerprint density at radius 3 is 3.00 bits per heavy atom. The summed E-state index contributed by atoms with van der Waals surface area (Å²) in [6.45, 7) is 0. The van der Waals surface area contributed by atoms with Gasteiger partial charge in [0.2, 0.25) is 0 Å². The van der Waals surface area contributed by atoms with Gasteiger partial charge in [0.1, 0.15) is 5.69 Å². The van der Waals surface area contributed by atoms with Gasteiger partial charge in [-0.25, -0.2) is 4.79 Å². The Balaban J connectivity index is 2.56. The van der Waals surface area contributed by atoms with Gasteiger partial charge in [-0.05, 0) is 12.1 Å². The SMILES string of the molecule is Cn1nc(-c2ccc[nH]2)oc1=O. The maximum atomic E-state index is 10.9. The summed E-state index contributed by atoms with van der Waals surface area (Å²) >= 11 is 0. The van der Waals surface area contributed by atoms with Gasteiger partial charge < -0.3 is 9.40 Å². The highest BCUT2D eigenvalue weighted by atomic mass is 16.4. The molecule has 0 amide bonds. The average molecular weight is 165 g/mol. The second-order valence-corrected chi connectivity index (χ2v) is 2.38. The Bertz CT molecular complexity index is 424. The molecule has 2 aromatic rings. The van der Waals surface area contributed by atoms with Gasteiger partial charge in [-0.2, -0.15) is 4.68 Å². The highest BCUT2D eigenvalue weighted by molar-refractivity contribution is 5.45. The molecule has 2 rings (SSSR count). The predicted molar refractivity (Wildman–Crippen MR) is 41.5 cm³/mol. The molecule has 12 heavy (non-hydrogen) atoms. The van der Waals surface area contributed by atoms with Crippen LogP contribution in [0.15, 0.2) is 27.5 Å². The summed E-state index contributed by atoms with van der Waals surface area (Å²) in [4.78, 5) is 13.7. The number of H-pyrrole nitrogens is 1. The molecule has 5 nitrogen and oxygen atoms in total. The van der Waals surface area contributed by atoms with Gasteiger partial charge in [0.25, 0.3) is 5.89 Å². The molecule has 0 aliphatic rings. The largest absolute Gasteiger partial charge is 0.437 e. The molecule has 5 heteroatoms. The van der Waals surface area contributed by atoms with E-state index >= 15 is 0 Å². The van der Waals surface area contributed by atoms with E-state index in [0.29, 0.717) is 11.6 Å². The monoisotopic (exact) mass is 165 g/mol. The Morgan fingerprint density at radius 2 is 2.50 bits per heavy atom. The molecular weight excluding hydrogens is 158 g/mol. The lowest BCUT2D eigenvalue weighted by Crippen LogP contribution is -2.09. The number of hydrogen-bond acceptors (Lipinski definition) is 3. The number of aromatic amines is 1. The van der Waals surface area contributed by atoms with Crippen LogP contribution >= 0.6 is 0 Å². The molecule has 0 unspecified atom stereocenters. The molecule has 0 atom stereocenters. The normalized spacial score (nSPS) is 10.4. The summed E-state index contributed by atoms with van der Waals surface area (Å²) in [6.07, 6.45) is 1.74. The average Bonchev–Trinajstić information content (AvgIpc) is 2.61. The van der Waals surface area contributed by atoms with Crippen LogP contribution < -0.4 is 5.76 Å². The van der Waals surface area contributed by atoms with Crippen molar-refractivity contribution in [1.29, 1.82) is 0 Å². The van der Waals surface area contributed by atoms with Gasteiger partial charge in [-0.15, -0.1) is 5.10 Å². The lowest BCUT2D eigenvalue weighted by molar-refractivity contribution is 0.504. The van der Waals surface area contributed by atoms with Crippen LogP contribution in [0.25, 0.3) is 11.6 Å². The predicted octanol–water partition coefficient (Wildman–Crippen LogP) is 0.368. The van der Waals surface area contributed by atoms with E-state index in [1.807, 2.05) is 6.07 Å². The highest BCUT2D eigenvalue weighted by Crippen LogP contribution is 2.10. The molecule has 0 saturated carbocycles. The second-order valence-electron chi connectivity index (χ2n) is 2.38. The van der Waals surface area contributed by atoms with Crippen LogP contribution in [0.4, 0.5) is 0 Å². The number of aromatic nitrogens is 3. The summed E-state index contributed by atoms with van der Waals surface area (Å²) in [6, 6.07) is 3.59. The topological polar surface area (TPSA) is 63.8 Å². The van der Waals surface area contributed by atoms with Crippen LogP contribution in [0, 0.1) is 0 Å². The fourth-order valence-electron chi connectivity index (χ4n) is 0.918. The van der Waals surface area contributed by atoms with Gasteiger partial charge in [-0.3, -0.25) is 0 Å². The first-order valence-electron chi connectivity index (χ1n) is 3.45. The van der Waals surface area contributed by atoms with E-state index < -0.39 is 5.76 Å². The van der Waals surface area contributed by atoms with Crippen molar-refractivity contribution in [3.8, 4) is 11.6 Å². The Kier molecular flexibility index (Phi) is 1.36. The van der Waals surface area contributed by atoms with E-state index in [9.17, 15) is 4.79 Å². The quantitative estimate of drug-likeness (QED) is 0.663. The number of nitrogens with one attached hydrogen (secondary N) is 1. The maximum Gasteiger partial charge on any atom is 0.437 e. The third kappa shape index (κ3) is 0.952. The molecule has 2 aromatic heterocycles. The second kappa shape index (κ2) is 2.37. The number of rotatable bonds is 1. The van der Waals surface area contributed by atoms with Gasteiger partial charge in [0.15, 0.2) is 0 Å². The Labute approximate surface area is 67.6 Å². The molecule has 0 spiro atoms. The molecule has 1 N–H and O–H groups in total. The number of nitrogens with zero attached hydrogens (tertiary/aromatic N) is 2.